The Bertz CT molecular complexity index is 943. The van der Waals surface area contributed by atoms with E-state index >= 15 is 0 Å². The maximum Gasteiger partial charge on any atom is 0.178 e. The van der Waals surface area contributed by atoms with Crippen molar-refractivity contribution < 1.29 is 13.5 Å². The molecule has 0 saturated carbocycles. The molecule has 0 bridgehead atoms. The van der Waals surface area contributed by atoms with Gasteiger partial charge >= 0.3 is 0 Å². The van der Waals surface area contributed by atoms with Crippen LogP contribution in [0.25, 0.3) is 10.9 Å². The lowest BCUT2D eigenvalue weighted by Crippen LogP contribution is -2.59. The predicted octanol–water partition coefficient (Wildman–Crippen LogP) is 3.40. The number of pyridine rings is 1. The number of fused-ring (bicyclic) bond motifs is 5. The molecule has 1 aromatic heterocycles. The van der Waals surface area contributed by atoms with Gasteiger partial charge in [-0.2, -0.15) is 0 Å². The molecule has 1 saturated heterocycles. The molecule has 1 aromatic carbocycles. The van der Waals surface area contributed by atoms with Crippen LogP contribution in [0.2, 0.25) is 0 Å². The normalized spacial score (nSPS) is 23.4. The molecular weight excluding hydrogens is 344 g/mol. The van der Waals surface area contributed by atoms with Crippen LogP contribution in [0.4, 0.5) is 14.5 Å². The Balaban J connectivity index is 2.06. The molecule has 2 atom stereocenters. The fraction of sp³-hybridized carbons (Fsp3) is 0.500. The first kappa shape index (κ1) is 16.7. The van der Waals surface area contributed by atoms with E-state index in [9.17, 15) is 8.78 Å². The largest absolute Gasteiger partial charge is 0.486 e. The Kier molecular flexibility index (Phi) is 3.77. The van der Waals surface area contributed by atoms with Gasteiger partial charge in [0.2, 0.25) is 0 Å². The molecule has 0 radical (unpaired) electrons. The van der Waals surface area contributed by atoms with Crippen molar-refractivity contribution >= 4 is 28.8 Å². The van der Waals surface area contributed by atoms with Crippen LogP contribution in [0, 0.1) is 23.2 Å². The van der Waals surface area contributed by atoms with E-state index in [1.807, 2.05) is 0 Å². The Morgan fingerprint density at radius 2 is 1.96 bits per heavy atom. The van der Waals surface area contributed by atoms with Crippen molar-refractivity contribution in [3.8, 4) is 5.75 Å². The van der Waals surface area contributed by atoms with E-state index in [0.29, 0.717) is 33.9 Å². The predicted molar refractivity (Wildman–Crippen MR) is 97.1 cm³/mol. The summed E-state index contributed by atoms with van der Waals surface area (Å²) in [5, 5.41) is 0.521. The number of ether oxygens (including phenoxy) is 1. The van der Waals surface area contributed by atoms with E-state index in [1.54, 1.807) is 11.6 Å². The average Bonchev–Trinajstić information content (AvgIpc) is 2.57. The van der Waals surface area contributed by atoms with Crippen LogP contribution in [0.3, 0.4) is 0 Å². The van der Waals surface area contributed by atoms with E-state index in [0.717, 1.165) is 18.8 Å². The van der Waals surface area contributed by atoms with Crippen molar-refractivity contribution in [3.63, 3.8) is 0 Å². The van der Waals surface area contributed by atoms with E-state index in [2.05, 4.69) is 23.8 Å². The zero-order chi connectivity index (χ0) is 18.0. The third-order valence-electron chi connectivity index (χ3n) is 5.59. The molecule has 2 unspecified atom stereocenters. The van der Waals surface area contributed by atoms with Crippen molar-refractivity contribution in [1.82, 2.24) is 9.47 Å². The number of benzene rings is 1. The van der Waals surface area contributed by atoms with E-state index < -0.39 is 11.6 Å². The highest BCUT2D eigenvalue weighted by molar-refractivity contribution is 7.71. The fourth-order valence-electron chi connectivity index (χ4n) is 3.89. The standard InChI is InChI=1S/C18H21F2N3OS/c1-9-6-23-11(7-21(9)3)8-24-17-16(23)12-5-13(19)10(2)14(20)15(12)22(4)18(17)25/h5,9,11H,6-8H2,1-4H3. The monoisotopic (exact) mass is 365 g/mol. The van der Waals surface area contributed by atoms with E-state index in [-0.39, 0.29) is 11.6 Å². The van der Waals surface area contributed by atoms with Crippen LogP contribution < -0.4 is 9.64 Å². The number of likely N-dealkylation sites (N-methyl/N-ethyl adjacent to an activating group) is 1. The van der Waals surface area contributed by atoms with Crippen LogP contribution in [-0.4, -0.2) is 48.3 Å². The number of anilines is 1. The number of hydrogen-bond donors (Lipinski definition) is 0. The maximum atomic E-state index is 14.9. The maximum absolute atomic E-state index is 14.9. The van der Waals surface area contributed by atoms with Crippen LogP contribution in [0.15, 0.2) is 6.07 Å². The Labute approximate surface area is 150 Å². The summed E-state index contributed by atoms with van der Waals surface area (Å²) in [7, 11) is 3.79. The lowest BCUT2D eigenvalue weighted by Gasteiger charge is -2.48. The molecule has 1 fully saturated rings. The summed E-state index contributed by atoms with van der Waals surface area (Å²) in [6.07, 6.45) is 0. The summed E-state index contributed by atoms with van der Waals surface area (Å²) in [4.78, 5) is 4.50. The zero-order valence-electron chi connectivity index (χ0n) is 14.8. The van der Waals surface area contributed by atoms with Crippen LogP contribution in [0.5, 0.6) is 5.75 Å². The molecule has 2 aromatic rings. The summed E-state index contributed by atoms with van der Waals surface area (Å²) < 4.78 is 37.2. The highest BCUT2D eigenvalue weighted by Crippen LogP contribution is 2.43. The minimum atomic E-state index is -0.560. The topological polar surface area (TPSA) is 20.6 Å². The van der Waals surface area contributed by atoms with Gasteiger partial charge in [0.15, 0.2) is 16.2 Å². The van der Waals surface area contributed by atoms with Gasteiger partial charge in [-0.15, -0.1) is 0 Å². The first-order valence-corrected chi connectivity index (χ1v) is 8.83. The van der Waals surface area contributed by atoms with Gasteiger partial charge < -0.3 is 14.2 Å². The highest BCUT2D eigenvalue weighted by Gasteiger charge is 2.37. The lowest BCUT2D eigenvalue weighted by atomic mass is 10.0. The average molecular weight is 365 g/mol. The summed E-state index contributed by atoms with van der Waals surface area (Å²) in [6.45, 7) is 5.73. The summed E-state index contributed by atoms with van der Waals surface area (Å²) in [5.74, 6) is -0.551. The molecule has 3 heterocycles. The van der Waals surface area contributed by atoms with E-state index in [1.165, 1.54) is 13.0 Å². The molecule has 0 amide bonds. The van der Waals surface area contributed by atoms with Crippen LogP contribution >= 0.6 is 12.2 Å². The molecule has 4 rings (SSSR count). The lowest BCUT2D eigenvalue weighted by molar-refractivity contribution is 0.151. The first-order valence-electron chi connectivity index (χ1n) is 8.42. The van der Waals surface area contributed by atoms with Gasteiger partial charge in [0.25, 0.3) is 0 Å². The van der Waals surface area contributed by atoms with Gasteiger partial charge in [0.05, 0.1) is 17.2 Å². The molecule has 2 aliphatic rings. The van der Waals surface area contributed by atoms with Gasteiger partial charge in [-0.05, 0) is 27.0 Å². The van der Waals surface area contributed by atoms with Gasteiger partial charge in [-0.1, -0.05) is 12.2 Å². The van der Waals surface area contributed by atoms with Gasteiger partial charge in [0, 0.05) is 37.1 Å². The Morgan fingerprint density at radius 3 is 2.68 bits per heavy atom. The number of aryl methyl sites for hydroxylation is 1. The van der Waals surface area contributed by atoms with E-state index in [4.69, 9.17) is 17.0 Å². The fourth-order valence-corrected chi connectivity index (χ4v) is 4.13. The number of aromatic nitrogens is 1. The highest BCUT2D eigenvalue weighted by atomic mass is 32.1. The van der Waals surface area contributed by atoms with Gasteiger partial charge in [-0.3, -0.25) is 4.90 Å². The van der Waals surface area contributed by atoms with Gasteiger partial charge in [-0.25, -0.2) is 8.78 Å². The van der Waals surface area contributed by atoms with Crippen molar-refractivity contribution in [3.05, 3.63) is 27.9 Å². The molecular formula is C18H21F2N3OS. The molecule has 0 spiro atoms. The molecule has 0 aliphatic carbocycles. The molecule has 0 N–H and O–H groups in total. The summed E-state index contributed by atoms with van der Waals surface area (Å²) in [5.41, 5.74) is 1.07. The molecule has 25 heavy (non-hydrogen) atoms. The number of hydrogen-bond acceptors (Lipinski definition) is 4. The smallest absolute Gasteiger partial charge is 0.178 e. The third kappa shape index (κ3) is 2.29. The zero-order valence-corrected chi connectivity index (χ0v) is 15.6. The summed E-state index contributed by atoms with van der Waals surface area (Å²) >= 11 is 5.53. The third-order valence-corrected chi connectivity index (χ3v) is 6.05. The van der Waals surface area contributed by atoms with Crippen molar-refractivity contribution in [1.29, 1.82) is 0 Å². The molecule has 7 heteroatoms. The van der Waals surface area contributed by atoms with Crippen molar-refractivity contribution in [2.24, 2.45) is 7.05 Å². The minimum absolute atomic E-state index is 0.0115. The second kappa shape index (κ2) is 5.64. The number of halogens is 2. The number of nitrogens with zero attached hydrogens (tertiary/aromatic N) is 3. The molecule has 4 nitrogen and oxygen atoms in total. The van der Waals surface area contributed by atoms with Crippen molar-refractivity contribution in [2.45, 2.75) is 25.9 Å². The van der Waals surface area contributed by atoms with Crippen molar-refractivity contribution in [2.75, 3.05) is 31.6 Å². The molecule has 2 aliphatic heterocycles. The van der Waals surface area contributed by atoms with Gasteiger partial charge in [0.1, 0.15) is 12.4 Å². The molecule has 134 valence electrons. The van der Waals surface area contributed by atoms with Crippen LogP contribution in [-0.2, 0) is 7.05 Å². The second-order valence-corrected chi connectivity index (χ2v) is 7.53. The Morgan fingerprint density at radius 1 is 1.24 bits per heavy atom. The SMILES string of the molecule is Cc1c(F)cc2c3c(c(=S)n(C)c2c1F)OCC1CN(C)C(C)CN31. The minimum Gasteiger partial charge on any atom is -0.486 e. The first-order chi connectivity index (χ1) is 11.8. The number of rotatable bonds is 0. The Hall–Kier alpha value is -1.73. The quantitative estimate of drug-likeness (QED) is 0.667. The van der Waals surface area contributed by atoms with Crippen LogP contribution in [0.1, 0.15) is 12.5 Å². The summed E-state index contributed by atoms with van der Waals surface area (Å²) in [6, 6.07) is 1.89. The number of piperazine rings is 1. The second-order valence-electron chi connectivity index (χ2n) is 7.14.